The second-order valence-corrected chi connectivity index (χ2v) is 5.54. The molecule has 0 unspecified atom stereocenters. The van der Waals surface area contributed by atoms with Crippen molar-refractivity contribution in [3.63, 3.8) is 0 Å². The van der Waals surface area contributed by atoms with Crippen LogP contribution in [0, 0.1) is 5.92 Å². The van der Waals surface area contributed by atoms with E-state index in [2.05, 4.69) is 13.8 Å². The van der Waals surface area contributed by atoms with Gasteiger partial charge in [0, 0.05) is 6.42 Å². The molecule has 2 heteroatoms. The van der Waals surface area contributed by atoms with Gasteiger partial charge in [-0.3, -0.25) is 4.79 Å². The van der Waals surface area contributed by atoms with E-state index in [1.807, 2.05) is 30.3 Å². The lowest BCUT2D eigenvalue weighted by Crippen LogP contribution is -2.06. The maximum atomic E-state index is 11.6. The van der Waals surface area contributed by atoms with Crippen molar-refractivity contribution in [2.75, 3.05) is 11.5 Å². The van der Waals surface area contributed by atoms with Gasteiger partial charge in [-0.05, 0) is 23.7 Å². The molecule has 0 radical (unpaired) electrons. The Hall–Kier alpha value is -0.760. The molecule has 0 atom stereocenters. The summed E-state index contributed by atoms with van der Waals surface area (Å²) >= 11 is 1.76. The average Bonchev–Trinajstić information content (AvgIpc) is 2.25. The third-order valence-corrected chi connectivity index (χ3v) is 3.40. The summed E-state index contributed by atoms with van der Waals surface area (Å²) in [5.74, 6) is 2.82. The van der Waals surface area contributed by atoms with Crippen LogP contribution in [0.3, 0.4) is 0 Å². The zero-order chi connectivity index (χ0) is 11.8. The number of carbonyl (C=O) groups excluding carboxylic acids is 1. The predicted octanol–water partition coefficient (Wildman–Crippen LogP) is 3.58. The molecule has 0 saturated carbocycles. The summed E-state index contributed by atoms with van der Waals surface area (Å²) < 4.78 is 0. The van der Waals surface area contributed by atoms with Gasteiger partial charge in [0.05, 0.1) is 5.75 Å². The van der Waals surface area contributed by atoms with Gasteiger partial charge in [0.25, 0.3) is 0 Å². The summed E-state index contributed by atoms with van der Waals surface area (Å²) in [5, 5.41) is 0. The number of thioether (sulfide) groups is 1. The first-order valence-corrected chi connectivity index (χ1v) is 6.97. The van der Waals surface area contributed by atoms with Crippen molar-refractivity contribution in [3.05, 3.63) is 35.9 Å². The van der Waals surface area contributed by atoms with E-state index in [1.165, 1.54) is 6.42 Å². The van der Waals surface area contributed by atoms with Gasteiger partial charge < -0.3 is 0 Å². The molecule has 1 rings (SSSR count). The first-order valence-electron chi connectivity index (χ1n) is 5.82. The minimum atomic E-state index is 0.333. The highest BCUT2D eigenvalue weighted by molar-refractivity contribution is 7.99. The third kappa shape index (κ3) is 5.96. The van der Waals surface area contributed by atoms with Crippen LogP contribution in [0.2, 0.25) is 0 Å². The van der Waals surface area contributed by atoms with Gasteiger partial charge >= 0.3 is 0 Å². The largest absolute Gasteiger partial charge is 0.298 e. The summed E-state index contributed by atoms with van der Waals surface area (Å²) in [5.41, 5.74) is 1.12. The smallest absolute Gasteiger partial charge is 0.147 e. The highest BCUT2D eigenvalue weighted by Gasteiger charge is 2.03. The van der Waals surface area contributed by atoms with Gasteiger partial charge in [0.1, 0.15) is 5.78 Å². The quantitative estimate of drug-likeness (QED) is 0.673. The Labute approximate surface area is 103 Å². The van der Waals surface area contributed by atoms with Crippen molar-refractivity contribution in [1.82, 2.24) is 0 Å². The minimum Gasteiger partial charge on any atom is -0.298 e. The van der Waals surface area contributed by atoms with Crippen LogP contribution in [0.1, 0.15) is 25.8 Å². The van der Waals surface area contributed by atoms with Crippen molar-refractivity contribution in [1.29, 1.82) is 0 Å². The van der Waals surface area contributed by atoms with Crippen molar-refractivity contribution < 1.29 is 4.79 Å². The SMILES string of the molecule is CC(C)CCSCC(=O)Cc1ccccc1. The minimum absolute atomic E-state index is 0.333. The lowest BCUT2D eigenvalue weighted by molar-refractivity contribution is -0.116. The van der Waals surface area contributed by atoms with Gasteiger partial charge in [-0.1, -0.05) is 44.2 Å². The van der Waals surface area contributed by atoms with Crippen molar-refractivity contribution in [3.8, 4) is 0 Å². The summed E-state index contributed by atoms with van der Waals surface area (Å²) in [4.78, 5) is 11.6. The fraction of sp³-hybridized carbons (Fsp3) is 0.500. The van der Waals surface area contributed by atoms with Crippen LogP contribution in [-0.2, 0) is 11.2 Å². The Morgan fingerprint density at radius 3 is 2.56 bits per heavy atom. The molecular weight excluding hydrogens is 216 g/mol. The van der Waals surface area contributed by atoms with E-state index in [9.17, 15) is 4.79 Å². The first-order chi connectivity index (χ1) is 7.68. The maximum Gasteiger partial charge on any atom is 0.147 e. The Morgan fingerprint density at radius 1 is 1.25 bits per heavy atom. The van der Waals surface area contributed by atoms with E-state index in [4.69, 9.17) is 0 Å². The standard InChI is InChI=1S/C14H20OS/c1-12(2)8-9-16-11-14(15)10-13-6-4-3-5-7-13/h3-7,12H,8-11H2,1-2H3. The number of ketones is 1. The summed E-state index contributed by atoms with van der Waals surface area (Å²) in [6, 6.07) is 9.96. The van der Waals surface area contributed by atoms with E-state index in [-0.39, 0.29) is 0 Å². The van der Waals surface area contributed by atoms with Crippen LogP contribution in [0.15, 0.2) is 30.3 Å². The van der Waals surface area contributed by atoms with Crippen LogP contribution < -0.4 is 0 Å². The molecule has 0 fully saturated rings. The topological polar surface area (TPSA) is 17.1 Å². The summed E-state index contributed by atoms with van der Waals surface area (Å²) in [7, 11) is 0. The molecule has 0 bridgehead atoms. The van der Waals surface area contributed by atoms with Crippen LogP contribution in [0.5, 0.6) is 0 Å². The summed E-state index contributed by atoms with van der Waals surface area (Å²) in [6.07, 6.45) is 1.78. The van der Waals surface area contributed by atoms with Gasteiger partial charge in [-0.25, -0.2) is 0 Å². The second-order valence-electron chi connectivity index (χ2n) is 4.44. The number of carbonyl (C=O) groups is 1. The van der Waals surface area contributed by atoms with Gasteiger partial charge in [-0.15, -0.1) is 0 Å². The molecule has 0 aliphatic heterocycles. The zero-order valence-corrected chi connectivity index (χ0v) is 10.9. The Bertz CT molecular complexity index is 306. The van der Waals surface area contributed by atoms with E-state index in [0.717, 1.165) is 17.2 Å². The van der Waals surface area contributed by atoms with Crippen LogP contribution >= 0.6 is 11.8 Å². The van der Waals surface area contributed by atoms with Crippen molar-refractivity contribution in [2.24, 2.45) is 5.92 Å². The fourth-order valence-electron chi connectivity index (χ4n) is 1.38. The number of Topliss-reactive ketones (excluding diaryl/α,β-unsaturated/α-hetero) is 1. The van der Waals surface area contributed by atoms with Crippen LogP contribution in [0.4, 0.5) is 0 Å². The van der Waals surface area contributed by atoms with Gasteiger partial charge in [0.2, 0.25) is 0 Å². The summed E-state index contributed by atoms with van der Waals surface area (Å²) in [6.45, 7) is 4.43. The fourth-order valence-corrected chi connectivity index (χ4v) is 2.49. The monoisotopic (exact) mass is 236 g/mol. The lowest BCUT2D eigenvalue weighted by Gasteiger charge is -2.04. The number of benzene rings is 1. The lowest BCUT2D eigenvalue weighted by atomic mass is 10.1. The van der Waals surface area contributed by atoms with E-state index in [0.29, 0.717) is 18.0 Å². The second kappa shape index (κ2) is 7.50. The normalized spacial score (nSPS) is 10.7. The molecule has 16 heavy (non-hydrogen) atoms. The third-order valence-electron chi connectivity index (χ3n) is 2.35. The van der Waals surface area contributed by atoms with Gasteiger partial charge in [-0.2, -0.15) is 11.8 Å². The molecule has 1 aromatic carbocycles. The number of hydrogen-bond donors (Lipinski definition) is 0. The van der Waals surface area contributed by atoms with E-state index >= 15 is 0 Å². The Kier molecular flexibility index (Phi) is 6.24. The molecule has 0 spiro atoms. The highest BCUT2D eigenvalue weighted by Crippen LogP contribution is 2.10. The molecule has 88 valence electrons. The number of rotatable bonds is 7. The maximum absolute atomic E-state index is 11.6. The first kappa shape index (κ1) is 13.3. The van der Waals surface area contributed by atoms with E-state index < -0.39 is 0 Å². The molecular formula is C14H20OS. The van der Waals surface area contributed by atoms with Crippen molar-refractivity contribution >= 4 is 17.5 Å². The molecule has 1 nitrogen and oxygen atoms in total. The molecule has 0 aliphatic rings. The molecule has 0 aromatic heterocycles. The van der Waals surface area contributed by atoms with Crippen molar-refractivity contribution in [2.45, 2.75) is 26.7 Å². The highest BCUT2D eigenvalue weighted by atomic mass is 32.2. The zero-order valence-electron chi connectivity index (χ0n) is 10.1. The molecule has 1 aromatic rings. The Morgan fingerprint density at radius 2 is 1.94 bits per heavy atom. The predicted molar refractivity (Wildman–Crippen MR) is 71.9 cm³/mol. The number of hydrogen-bond acceptors (Lipinski definition) is 2. The van der Waals surface area contributed by atoms with E-state index in [1.54, 1.807) is 11.8 Å². The molecule has 0 aliphatic carbocycles. The average molecular weight is 236 g/mol. The molecule has 0 N–H and O–H groups in total. The van der Waals surface area contributed by atoms with Crippen LogP contribution in [0.25, 0.3) is 0 Å². The van der Waals surface area contributed by atoms with Crippen LogP contribution in [-0.4, -0.2) is 17.3 Å². The Balaban J connectivity index is 2.17. The molecule has 0 heterocycles. The molecule has 0 saturated heterocycles. The molecule has 0 amide bonds. The van der Waals surface area contributed by atoms with Gasteiger partial charge in [0.15, 0.2) is 0 Å².